The van der Waals surface area contributed by atoms with Gasteiger partial charge in [0.2, 0.25) is 5.91 Å². The van der Waals surface area contributed by atoms with Gasteiger partial charge in [-0.05, 0) is 54.9 Å². The third-order valence-corrected chi connectivity index (χ3v) is 4.25. The number of halogens is 1. The minimum Gasteiger partial charge on any atom is -0.353 e. The van der Waals surface area contributed by atoms with E-state index in [1.54, 1.807) is 12.1 Å². The maximum atomic E-state index is 12.1. The van der Waals surface area contributed by atoms with Gasteiger partial charge in [-0.25, -0.2) is 0 Å². The Labute approximate surface area is 152 Å². The fourth-order valence-corrected chi connectivity index (χ4v) is 2.57. The van der Waals surface area contributed by atoms with Crippen LogP contribution in [0.3, 0.4) is 0 Å². The van der Waals surface area contributed by atoms with Gasteiger partial charge >= 0.3 is 0 Å². The molecule has 0 heterocycles. The highest BCUT2D eigenvalue weighted by atomic mass is 35.5. The fraction of sp³-hybridized carbons (Fsp3) is 0.222. The molecule has 0 spiro atoms. The van der Waals surface area contributed by atoms with Gasteiger partial charge in [-0.1, -0.05) is 42.8 Å². The summed E-state index contributed by atoms with van der Waals surface area (Å²) in [5.41, 5.74) is 3.65. The van der Waals surface area contributed by atoms with E-state index in [2.05, 4.69) is 22.9 Å². The quantitative estimate of drug-likeness (QED) is 0.701. The van der Waals surface area contributed by atoms with Gasteiger partial charge in [0.25, 0.3) is 0 Å². The molecule has 0 radical (unpaired) electrons. The first-order valence-electron chi connectivity index (χ1n) is 7.69. The van der Waals surface area contributed by atoms with Crippen LogP contribution in [0.15, 0.2) is 42.5 Å². The van der Waals surface area contributed by atoms with E-state index in [0.29, 0.717) is 15.8 Å². The minimum atomic E-state index is -0.187. The molecule has 2 rings (SSSR count). The molecule has 3 N–H and O–H groups in total. The van der Waals surface area contributed by atoms with Crippen molar-refractivity contribution in [1.29, 1.82) is 0 Å². The molecule has 0 saturated heterocycles. The molecule has 2 aromatic rings. The molecule has 0 aliphatic rings. The Balaban J connectivity index is 1.87. The lowest BCUT2D eigenvalue weighted by Crippen LogP contribution is -2.35. The normalized spacial score (nSPS) is 10.1. The van der Waals surface area contributed by atoms with Crippen molar-refractivity contribution in [2.45, 2.75) is 20.3 Å². The monoisotopic (exact) mass is 361 g/mol. The second-order valence-electron chi connectivity index (χ2n) is 5.28. The Kier molecular flexibility index (Phi) is 6.58. The molecule has 1 amide bonds. The van der Waals surface area contributed by atoms with Crippen molar-refractivity contribution < 1.29 is 4.79 Å². The van der Waals surface area contributed by atoms with E-state index in [4.69, 9.17) is 23.8 Å². The highest BCUT2D eigenvalue weighted by molar-refractivity contribution is 7.80. The van der Waals surface area contributed by atoms with Crippen molar-refractivity contribution in [3.05, 3.63) is 58.6 Å². The van der Waals surface area contributed by atoms with Crippen molar-refractivity contribution in [2.24, 2.45) is 0 Å². The number of benzene rings is 2. The van der Waals surface area contributed by atoms with Crippen molar-refractivity contribution in [3.8, 4) is 0 Å². The first-order chi connectivity index (χ1) is 11.5. The lowest BCUT2D eigenvalue weighted by molar-refractivity contribution is -0.115. The van der Waals surface area contributed by atoms with Crippen LogP contribution in [0.25, 0.3) is 0 Å². The Morgan fingerprint density at radius 3 is 2.54 bits per heavy atom. The smallest absolute Gasteiger partial charge is 0.243 e. The second kappa shape index (κ2) is 8.66. The molecule has 0 bridgehead atoms. The Bertz CT molecular complexity index is 749. The first kappa shape index (κ1) is 18.2. The zero-order valence-electron chi connectivity index (χ0n) is 13.7. The van der Waals surface area contributed by atoms with Crippen molar-refractivity contribution >= 4 is 46.2 Å². The number of para-hydroxylation sites is 1. The minimum absolute atomic E-state index is 0.0755. The standard InChI is InChI=1S/C18H20ClN3OS/c1-3-13-7-4-5-9-16(13)22-18(24)20-11-17(23)21-15-10-6-8-14(19)12(15)2/h4-10H,3,11H2,1-2H3,(H,21,23)(H2,20,22,24). The van der Waals surface area contributed by atoms with Gasteiger partial charge in [0.15, 0.2) is 5.11 Å². The number of aryl methyl sites for hydroxylation is 1. The summed E-state index contributed by atoms with van der Waals surface area (Å²) in [4.78, 5) is 12.1. The fourth-order valence-electron chi connectivity index (χ4n) is 2.21. The molecule has 0 aliphatic heterocycles. The zero-order valence-corrected chi connectivity index (χ0v) is 15.2. The molecule has 0 unspecified atom stereocenters. The van der Waals surface area contributed by atoms with Gasteiger partial charge in [0, 0.05) is 16.4 Å². The van der Waals surface area contributed by atoms with Crippen molar-refractivity contribution in [2.75, 3.05) is 17.2 Å². The number of anilines is 2. The number of thiocarbonyl (C=S) groups is 1. The molecule has 126 valence electrons. The molecule has 2 aromatic carbocycles. The average molecular weight is 362 g/mol. The van der Waals surface area contributed by atoms with Gasteiger partial charge in [-0.2, -0.15) is 0 Å². The van der Waals surface area contributed by atoms with Crippen LogP contribution in [0.5, 0.6) is 0 Å². The largest absolute Gasteiger partial charge is 0.353 e. The second-order valence-corrected chi connectivity index (χ2v) is 6.09. The van der Waals surface area contributed by atoms with E-state index in [1.165, 1.54) is 5.56 Å². The number of hydrogen-bond acceptors (Lipinski definition) is 2. The Morgan fingerprint density at radius 2 is 1.79 bits per heavy atom. The highest BCUT2D eigenvalue weighted by Gasteiger charge is 2.08. The molecule has 0 aliphatic carbocycles. The number of rotatable bonds is 5. The van der Waals surface area contributed by atoms with Gasteiger partial charge < -0.3 is 16.0 Å². The Morgan fingerprint density at radius 1 is 1.08 bits per heavy atom. The van der Waals surface area contributed by atoms with Crippen LogP contribution in [-0.4, -0.2) is 17.6 Å². The molecule has 0 fully saturated rings. The van der Waals surface area contributed by atoms with Crippen LogP contribution < -0.4 is 16.0 Å². The summed E-state index contributed by atoms with van der Waals surface area (Å²) in [6.45, 7) is 4.02. The molecule has 24 heavy (non-hydrogen) atoms. The van der Waals surface area contributed by atoms with Crippen LogP contribution in [0, 0.1) is 6.92 Å². The predicted molar refractivity (Wildman–Crippen MR) is 105 cm³/mol. The summed E-state index contributed by atoms with van der Waals surface area (Å²) in [6.07, 6.45) is 0.903. The number of amides is 1. The maximum Gasteiger partial charge on any atom is 0.243 e. The van der Waals surface area contributed by atoms with E-state index in [9.17, 15) is 4.79 Å². The van der Waals surface area contributed by atoms with Gasteiger partial charge in [-0.15, -0.1) is 0 Å². The first-order valence-corrected chi connectivity index (χ1v) is 8.47. The van der Waals surface area contributed by atoms with Crippen LogP contribution in [0.1, 0.15) is 18.1 Å². The molecule has 4 nitrogen and oxygen atoms in total. The van der Waals surface area contributed by atoms with E-state index in [-0.39, 0.29) is 12.5 Å². The number of hydrogen-bond donors (Lipinski definition) is 3. The number of carbonyl (C=O) groups is 1. The van der Waals surface area contributed by atoms with Crippen LogP contribution in [-0.2, 0) is 11.2 Å². The van der Waals surface area contributed by atoms with Gasteiger partial charge in [0.05, 0.1) is 6.54 Å². The van der Waals surface area contributed by atoms with Crippen molar-refractivity contribution in [3.63, 3.8) is 0 Å². The number of carbonyl (C=O) groups excluding carboxylic acids is 1. The van der Waals surface area contributed by atoms with Gasteiger partial charge in [-0.3, -0.25) is 4.79 Å². The van der Waals surface area contributed by atoms with Crippen LogP contribution in [0.4, 0.5) is 11.4 Å². The van der Waals surface area contributed by atoms with E-state index in [1.807, 2.05) is 37.3 Å². The highest BCUT2D eigenvalue weighted by Crippen LogP contribution is 2.22. The summed E-state index contributed by atoms with van der Waals surface area (Å²) in [7, 11) is 0. The lowest BCUT2D eigenvalue weighted by atomic mass is 10.1. The summed E-state index contributed by atoms with van der Waals surface area (Å²) >= 11 is 11.3. The topological polar surface area (TPSA) is 53.2 Å². The molecular weight excluding hydrogens is 342 g/mol. The van der Waals surface area contributed by atoms with Crippen LogP contribution >= 0.6 is 23.8 Å². The van der Waals surface area contributed by atoms with E-state index in [0.717, 1.165) is 17.7 Å². The summed E-state index contributed by atoms with van der Waals surface area (Å²) in [5, 5.41) is 9.88. The molecule has 0 aromatic heterocycles. The summed E-state index contributed by atoms with van der Waals surface area (Å²) in [5.74, 6) is -0.187. The third-order valence-electron chi connectivity index (χ3n) is 3.60. The van der Waals surface area contributed by atoms with Crippen LogP contribution in [0.2, 0.25) is 5.02 Å². The molecule has 0 saturated carbocycles. The van der Waals surface area contributed by atoms with Gasteiger partial charge in [0.1, 0.15) is 0 Å². The zero-order chi connectivity index (χ0) is 17.5. The van der Waals surface area contributed by atoms with E-state index >= 15 is 0 Å². The van der Waals surface area contributed by atoms with E-state index < -0.39 is 0 Å². The lowest BCUT2D eigenvalue weighted by Gasteiger charge is -2.14. The number of nitrogens with one attached hydrogen (secondary N) is 3. The molecule has 0 atom stereocenters. The molecule has 6 heteroatoms. The Hall–Kier alpha value is -2.11. The van der Waals surface area contributed by atoms with Crippen molar-refractivity contribution in [1.82, 2.24) is 5.32 Å². The summed E-state index contributed by atoms with van der Waals surface area (Å²) < 4.78 is 0. The SMILES string of the molecule is CCc1ccccc1NC(=S)NCC(=O)Nc1cccc(Cl)c1C. The maximum absolute atomic E-state index is 12.1. The molecular formula is C18H20ClN3OS. The summed E-state index contributed by atoms with van der Waals surface area (Å²) in [6, 6.07) is 13.3. The predicted octanol–water partition coefficient (Wildman–Crippen LogP) is 4.14. The average Bonchev–Trinajstić information content (AvgIpc) is 2.58. The third kappa shape index (κ3) is 4.94.